The number of rotatable bonds is 3. The molecule has 1 saturated heterocycles. The number of carbonyl (C=O) groups excluding carboxylic acids is 1. The van der Waals surface area contributed by atoms with Crippen LogP contribution in [0, 0.1) is 0 Å². The summed E-state index contributed by atoms with van der Waals surface area (Å²) in [4.78, 5) is 13.6. The van der Waals surface area contributed by atoms with Gasteiger partial charge in [-0.15, -0.1) is 0 Å². The summed E-state index contributed by atoms with van der Waals surface area (Å²) >= 11 is 1.93. The third-order valence-corrected chi connectivity index (χ3v) is 4.90. The third-order valence-electron chi connectivity index (χ3n) is 3.49. The molecule has 4 heteroatoms. The molecule has 0 spiro atoms. The van der Waals surface area contributed by atoms with E-state index in [4.69, 9.17) is 0 Å². The van der Waals surface area contributed by atoms with Crippen LogP contribution in [0.5, 0.6) is 0 Å². The minimum atomic E-state index is 0.229. The van der Waals surface area contributed by atoms with E-state index in [0.717, 1.165) is 6.54 Å². The molecule has 80 valence electrons. The molecule has 2 rings (SSSR count). The Hall–Kier alpha value is -0.220. The van der Waals surface area contributed by atoms with Gasteiger partial charge in [0.25, 0.3) is 0 Å². The molecule has 0 radical (unpaired) electrons. The van der Waals surface area contributed by atoms with Crippen LogP contribution in [0.3, 0.4) is 0 Å². The molecule has 2 fully saturated rings. The molecule has 1 amide bonds. The number of nitrogens with one attached hydrogen (secondary N) is 1. The van der Waals surface area contributed by atoms with Gasteiger partial charge < -0.3 is 4.90 Å². The minimum Gasteiger partial charge on any atom is -0.325 e. The largest absolute Gasteiger partial charge is 0.325 e. The van der Waals surface area contributed by atoms with E-state index in [2.05, 4.69) is 18.5 Å². The summed E-state index contributed by atoms with van der Waals surface area (Å²) in [7, 11) is 0. The van der Waals surface area contributed by atoms with Crippen molar-refractivity contribution in [2.24, 2.45) is 0 Å². The second-order valence-electron chi connectivity index (χ2n) is 4.32. The SMILES string of the molecule is CSC1(CN2C(=O)CNC2C)CCC1. The quantitative estimate of drug-likeness (QED) is 0.762. The van der Waals surface area contributed by atoms with Gasteiger partial charge in [0.05, 0.1) is 12.7 Å². The van der Waals surface area contributed by atoms with E-state index < -0.39 is 0 Å². The Kier molecular flexibility index (Phi) is 2.75. The first-order valence-electron chi connectivity index (χ1n) is 5.25. The summed E-state index contributed by atoms with van der Waals surface area (Å²) in [5, 5.41) is 3.18. The monoisotopic (exact) mass is 214 g/mol. The molecular weight excluding hydrogens is 196 g/mol. The lowest BCUT2D eigenvalue weighted by Crippen LogP contribution is -2.49. The maximum atomic E-state index is 11.6. The van der Waals surface area contributed by atoms with Crippen molar-refractivity contribution in [3.63, 3.8) is 0 Å². The molecule has 1 aliphatic carbocycles. The van der Waals surface area contributed by atoms with E-state index in [1.807, 2.05) is 16.7 Å². The average molecular weight is 214 g/mol. The molecule has 1 heterocycles. The van der Waals surface area contributed by atoms with Crippen molar-refractivity contribution in [3.8, 4) is 0 Å². The van der Waals surface area contributed by atoms with Crippen molar-refractivity contribution in [2.75, 3.05) is 19.3 Å². The highest BCUT2D eigenvalue weighted by molar-refractivity contribution is 8.00. The van der Waals surface area contributed by atoms with Gasteiger partial charge in [0.15, 0.2) is 0 Å². The van der Waals surface area contributed by atoms with Crippen molar-refractivity contribution in [3.05, 3.63) is 0 Å². The molecule has 1 N–H and O–H groups in total. The zero-order chi connectivity index (χ0) is 10.2. The van der Waals surface area contributed by atoms with E-state index in [-0.39, 0.29) is 12.1 Å². The lowest BCUT2D eigenvalue weighted by atomic mass is 9.83. The number of thioether (sulfide) groups is 1. The molecule has 0 aromatic rings. The summed E-state index contributed by atoms with van der Waals surface area (Å²) in [6.45, 7) is 3.52. The van der Waals surface area contributed by atoms with Gasteiger partial charge in [-0.2, -0.15) is 11.8 Å². The summed E-state index contributed by atoms with van der Waals surface area (Å²) in [5.74, 6) is 0.262. The maximum Gasteiger partial charge on any atom is 0.237 e. The van der Waals surface area contributed by atoms with Crippen LogP contribution in [0.4, 0.5) is 0 Å². The first-order chi connectivity index (χ1) is 6.67. The molecule has 0 aromatic heterocycles. The van der Waals surface area contributed by atoms with E-state index in [1.165, 1.54) is 19.3 Å². The Morgan fingerprint density at radius 3 is 2.71 bits per heavy atom. The molecule has 1 atom stereocenters. The molecule has 3 nitrogen and oxygen atoms in total. The van der Waals surface area contributed by atoms with Crippen molar-refractivity contribution in [1.29, 1.82) is 0 Å². The minimum absolute atomic E-state index is 0.229. The fourth-order valence-corrected chi connectivity index (χ4v) is 3.16. The van der Waals surface area contributed by atoms with Gasteiger partial charge in [-0.25, -0.2) is 0 Å². The Morgan fingerprint density at radius 2 is 2.36 bits per heavy atom. The highest BCUT2D eigenvalue weighted by atomic mass is 32.2. The fraction of sp³-hybridized carbons (Fsp3) is 0.900. The van der Waals surface area contributed by atoms with Crippen molar-refractivity contribution < 1.29 is 4.79 Å². The third kappa shape index (κ3) is 1.65. The van der Waals surface area contributed by atoms with Gasteiger partial charge in [-0.05, 0) is 26.0 Å². The first-order valence-corrected chi connectivity index (χ1v) is 6.47. The van der Waals surface area contributed by atoms with Crippen LogP contribution < -0.4 is 5.32 Å². The lowest BCUT2D eigenvalue weighted by molar-refractivity contribution is -0.128. The van der Waals surface area contributed by atoms with Gasteiger partial charge in [-0.1, -0.05) is 6.42 Å². The molecule has 0 aromatic carbocycles. The second-order valence-corrected chi connectivity index (χ2v) is 5.59. The molecule has 1 saturated carbocycles. The zero-order valence-corrected chi connectivity index (χ0v) is 9.69. The Morgan fingerprint density at radius 1 is 1.64 bits per heavy atom. The smallest absolute Gasteiger partial charge is 0.237 e. The zero-order valence-electron chi connectivity index (χ0n) is 8.88. The van der Waals surface area contributed by atoms with Gasteiger partial charge in [-0.3, -0.25) is 10.1 Å². The van der Waals surface area contributed by atoms with E-state index >= 15 is 0 Å². The van der Waals surface area contributed by atoms with Crippen LogP contribution in [0.15, 0.2) is 0 Å². The average Bonchev–Trinajstić information content (AvgIpc) is 2.41. The van der Waals surface area contributed by atoms with Crippen LogP contribution in [-0.4, -0.2) is 41.1 Å². The lowest BCUT2D eigenvalue weighted by Gasteiger charge is -2.43. The highest BCUT2D eigenvalue weighted by Gasteiger charge is 2.41. The van der Waals surface area contributed by atoms with Crippen LogP contribution in [0.2, 0.25) is 0 Å². The summed E-state index contributed by atoms with van der Waals surface area (Å²) in [5.41, 5.74) is 0. The predicted octanol–water partition coefficient (Wildman–Crippen LogP) is 1.05. The Bertz CT molecular complexity index is 235. The van der Waals surface area contributed by atoms with E-state index in [9.17, 15) is 4.79 Å². The molecule has 2 aliphatic rings. The van der Waals surface area contributed by atoms with Crippen LogP contribution in [0.25, 0.3) is 0 Å². The van der Waals surface area contributed by atoms with Gasteiger partial charge >= 0.3 is 0 Å². The van der Waals surface area contributed by atoms with E-state index in [0.29, 0.717) is 11.3 Å². The van der Waals surface area contributed by atoms with Crippen molar-refractivity contribution in [2.45, 2.75) is 37.1 Å². The van der Waals surface area contributed by atoms with Crippen LogP contribution >= 0.6 is 11.8 Å². The normalized spacial score (nSPS) is 30.6. The van der Waals surface area contributed by atoms with Crippen molar-refractivity contribution in [1.82, 2.24) is 10.2 Å². The molecule has 0 bridgehead atoms. The molecular formula is C10H18N2OS. The molecule has 1 aliphatic heterocycles. The fourth-order valence-electron chi connectivity index (χ4n) is 2.20. The highest BCUT2D eigenvalue weighted by Crippen LogP contribution is 2.43. The Balaban J connectivity index is 1.98. The van der Waals surface area contributed by atoms with Gasteiger partial charge in [0.2, 0.25) is 5.91 Å². The van der Waals surface area contributed by atoms with Crippen LogP contribution in [0.1, 0.15) is 26.2 Å². The first kappa shape index (κ1) is 10.3. The standard InChI is InChI=1S/C10H18N2OS/c1-8-11-6-9(13)12(8)7-10(14-2)4-3-5-10/h8,11H,3-7H2,1-2H3. The van der Waals surface area contributed by atoms with E-state index in [1.54, 1.807) is 0 Å². The predicted molar refractivity (Wildman–Crippen MR) is 59.3 cm³/mol. The molecule has 14 heavy (non-hydrogen) atoms. The number of hydrogen-bond acceptors (Lipinski definition) is 3. The number of hydrogen-bond donors (Lipinski definition) is 1. The summed E-state index contributed by atoms with van der Waals surface area (Å²) in [6.07, 6.45) is 6.25. The Labute approximate surface area is 89.6 Å². The van der Waals surface area contributed by atoms with Gasteiger partial charge in [0.1, 0.15) is 0 Å². The number of carbonyl (C=O) groups is 1. The summed E-state index contributed by atoms with van der Waals surface area (Å²) < 4.78 is 0.371. The summed E-state index contributed by atoms with van der Waals surface area (Å²) in [6, 6.07) is 0. The van der Waals surface area contributed by atoms with Crippen LogP contribution in [-0.2, 0) is 4.79 Å². The maximum absolute atomic E-state index is 11.6. The second kappa shape index (κ2) is 3.74. The number of amides is 1. The molecule has 1 unspecified atom stereocenters. The van der Waals surface area contributed by atoms with Gasteiger partial charge in [0, 0.05) is 11.3 Å². The topological polar surface area (TPSA) is 32.3 Å². The van der Waals surface area contributed by atoms with Crippen molar-refractivity contribution >= 4 is 17.7 Å². The number of nitrogens with zero attached hydrogens (tertiary/aromatic N) is 1.